The number of hydrogen-bond donors (Lipinski definition) is 1. The smallest absolute Gasteiger partial charge is 0.258 e. The Hall–Kier alpha value is -2.27. The minimum Gasteiger partial charge on any atom is -0.334 e. The molecule has 5 nitrogen and oxygen atoms in total. The van der Waals surface area contributed by atoms with E-state index in [1.165, 1.54) is 0 Å². The molecule has 0 unspecified atom stereocenters. The van der Waals surface area contributed by atoms with Crippen molar-refractivity contribution in [1.29, 1.82) is 0 Å². The van der Waals surface area contributed by atoms with Crippen molar-refractivity contribution in [2.24, 2.45) is 5.73 Å². The lowest BCUT2D eigenvalue weighted by atomic mass is 9.77. The molecule has 0 saturated heterocycles. The SMILES string of the molecule is NC1(c2noc(-c3ccnc4ccccc34)n2)CCC1. The van der Waals surface area contributed by atoms with Crippen LogP contribution >= 0.6 is 0 Å². The normalized spacial score (nSPS) is 17.1. The highest BCUT2D eigenvalue weighted by molar-refractivity contribution is 5.91. The maximum absolute atomic E-state index is 6.23. The summed E-state index contributed by atoms with van der Waals surface area (Å²) in [6.45, 7) is 0. The van der Waals surface area contributed by atoms with Gasteiger partial charge in [-0.05, 0) is 31.4 Å². The molecule has 0 amide bonds. The van der Waals surface area contributed by atoms with Gasteiger partial charge in [0.1, 0.15) is 0 Å². The first kappa shape index (κ1) is 11.5. The zero-order valence-electron chi connectivity index (χ0n) is 10.9. The average molecular weight is 266 g/mol. The first-order valence-electron chi connectivity index (χ1n) is 6.73. The van der Waals surface area contributed by atoms with E-state index in [-0.39, 0.29) is 0 Å². The van der Waals surface area contributed by atoms with Crippen LogP contribution in [0.5, 0.6) is 0 Å². The third kappa shape index (κ3) is 1.63. The van der Waals surface area contributed by atoms with Gasteiger partial charge >= 0.3 is 0 Å². The lowest BCUT2D eigenvalue weighted by Crippen LogP contribution is -2.44. The van der Waals surface area contributed by atoms with Gasteiger partial charge in [-0.1, -0.05) is 23.4 Å². The number of pyridine rings is 1. The predicted octanol–water partition coefficient (Wildman–Crippen LogP) is 2.62. The highest BCUT2D eigenvalue weighted by Crippen LogP contribution is 2.38. The molecule has 0 atom stereocenters. The zero-order chi connectivity index (χ0) is 13.6. The van der Waals surface area contributed by atoms with Crippen LogP contribution in [0, 0.1) is 0 Å². The fraction of sp³-hybridized carbons (Fsp3) is 0.267. The van der Waals surface area contributed by atoms with Crippen LogP contribution < -0.4 is 5.73 Å². The van der Waals surface area contributed by atoms with Gasteiger partial charge in [0.2, 0.25) is 0 Å². The van der Waals surface area contributed by atoms with Crippen molar-refractivity contribution in [1.82, 2.24) is 15.1 Å². The van der Waals surface area contributed by atoms with Crippen LogP contribution in [0.1, 0.15) is 25.1 Å². The van der Waals surface area contributed by atoms with E-state index < -0.39 is 5.54 Å². The lowest BCUT2D eigenvalue weighted by Gasteiger charge is -2.34. The number of nitrogens with two attached hydrogens (primary N) is 1. The monoisotopic (exact) mass is 266 g/mol. The molecule has 1 aliphatic rings. The Kier molecular flexibility index (Phi) is 2.37. The number of benzene rings is 1. The van der Waals surface area contributed by atoms with E-state index in [9.17, 15) is 0 Å². The summed E-state index contributed by atoms with van der Waals surface area (Å²) in [6.07, 6.45) is 4.72. The third-order valence-corrected chi connectivity index (χ3v) is 4.00. The van der Waals surface area contributed by atoms with Crippen molar-refractivity contribution in [3.8, 4) is 11.5 Å². The lowest BCUT2D eigenvalue weighted by molar-refractivity contribution is 0.229. The highest BCUT2D eigenvalue weighted by atomic mass is 16.5. The van der Waals surface area contributed by atoms with Gasteiger partial charge in [-0.25, -0.2) is 0 Å². The summed E-state index contributed by atoms with van der Waals surface area (Å²) >= 11 is 0. The second kappa shape index (κ2) is 4.11. The Morgan fingerprint density at radius 1 is 1.15 bits per heavy atom. The molecule has 0 aliphatic heterocycles. The van der Waals surface area contributed by atoms with Gasteiger partial charge in [-0.15, -0.1) is 0 Å². The Morgan fingerprint density at radius 3 is 2.80 bits per heavy atom. The van der Waals surface area contributed by atoms with Crippen molar-refractivity contribution in [3.05, 3.63) is 42.4 Å². The Bertz CT molecular complexity index is 771. The molecule has 2 N–H and O–H groups in total. The van der Waals surface area contributed by atoms with E-state index in [4.69, 9.17) is 10.3 Å². The number of aromatic nitrogens is 3. The van der Waals surface area contributed by atoms with Crippen molar-refractivity contribution in [3.63, 3.8) is 0 Å². The summed E-state index contributed by atoms with van der Waals surface area (Å²) in [5.74, 6) is 1.12. The van der Waals surface area contributed by atoms with Crippen LogP contribution in [0.15, 0.2) is 41.1 Å². The molecule has 1 aromatic carbocycles. The molecule has 2 heterocycles. The number of fused-ring (bicyclic) bond motifs is 1. The summed E-state index contributed by atoms with van der Waals surface area (Å²) in [4.78, 5) is 8.83. The molecule has 0 spiro atoms. The Balaban J connectivity index is 1.83. The van der Waals surface area contributed by atoms with Gasteiger partial charge < -0.3 is 10.3 Å². The quantitative estimate of drug-likeness (QED) is 0.771. The largest absolute Gasteiger partial charge is 0.334 e. The fourth-order valence-electron chi connectivity index (χ4n) is 2.60. The standard InChI is InChI=1S/C15H14N4O/c16-15(7-3-8-15)14-18-13(20-19-14)11-6-9-17-12-5-2-1-4-10(11)12/h1-2,4-6,9H,3,7-8,16H2. The minimum absolute atomic E-state index is 0.398. The van der Waals surface area contributed by atoms with E-state index in [1.54, 1.807) is 6.20 Å². The van der Waals surface area contributed by atoms with E-state index in [2.05, 4.69) is 15.1 Å². The molecule has 2 aromatic heterocycles. The minimum atomic E-state index is -0.398. The molecule has 20 heavy (non-hydrogen) atoms. The molecule has 1 aliphatic carbocycles. The van der Waals surface area contributed by atoms with E-state index in [1.807, 2.05) is 30.3 Å². The Morgan fingerprint density at radius 2 is 2.00 bits per heavy atom. The molecule has 100 valence electrons. The number of rotatable bonds is 2. The molecule has 1 fully saturated rings. The molecule has 1 saturated carbocycles. The van der Waals surface area contributed by atoms with Gasteiger partial charge in [0, 0.05) is 11.6 Å². The summed E-state index contributed by atoms with van der Waals surface area (Å²) in [5.41, 5.74) is 7.65. The first-order valence-corrected chi connectivity index (χ1v) is 6.73. The van der Waals surface area contributed by atoms with Gasteiger partial charge in [-0.2, -0.15) is 4.98 Å². The van der Waals surface area contributed by atoms with Crippen molar-refractivity contribution < 1.29 is 4.52 Å². The predicted molar refractivity (Wildman–Crippen MR) is 74.8 cm³/mol. The van der Waals surface area contributed by atoms with Gasteiger partial charge in [0.15, 0.2) is 5.82 Å². The molecular weight excluding hydrogens is 252 g/mol. The summed E-state index contributed by atoms with van der Waals surface area (Å²) < 4.78 is 5.41. The van der Waals surface area contributed by atoms with Gasteiger partial charge in [0.25, 0.3) is 5.89 Å². The molecule has 3 aromatic rings. The van der Waals surface area contributed by atoms with E-state index in [0.717, 1.165) is 35.7 Å². The fourth-order valence-corrected chi connectivity index (χ4v) is 2.60. The zero-order valence-corrected chi connectivity index (χ0v) is 10.9. The Labute approximate surface area is 115 Å². The molecule has 0 radical (unpaired) electrons. The number of hydrogen-bond acceptors (Lipinski definition) is 5. The van der Waals surface area contributed by atoms with Crippen LogP contribution in [-0.4, -0.2) is 15.1 Å². The van der Waals surface area contributed by atoms with E-state index >= 15 is 0 Å². The topological polar surface area (TPSA) is 77.8 Å². The maximum Gasteiger partial charge on any atom is 0.258 e. The second-order valence-electron chi connectivity index (χ2n) is 5.31. The summed E-state index contributed by atoms with van der Waals surface area (Å²) in [5, 5.41) is 5.07. The first-order chi connectivity index (χ1) is 9.76. The molecule has 0 bridgehead atoms. The third-order valence-electron chi connectivity index (χ3n) is 4.00. The van der Waals surface area contributed by atoms with Crippen molar-refractivity contribution in [2.45, 2.75) is 24.8 Å². The van der Waals surface area contributed by atoms with Crippen LogP contribution in [0.4, 0.5) is 0 Å². The second-order valence-corrected chi connectivity index (χ2v) is 5.31. The van der Waals surface area contributed by atoms with Crippen LogP contribution in [0.3, 0.4) is 0 Å². The van der Waals surface area contributed by atoms with Crippen molar-refractivity contribution >= 4 is 10.9 Å². The average Bonchev–Trinajstić information content (AvgIpc) is 2.94. The summed E-state index contributed by atoms with van der Waals surface area (Å²) in [7, 11) is 0. The molecule has 5 heteroatoms. The summed E-state index contributed by atoms with van der Waals surface area (Å²) in [6, 6.07) is 9.79. The molecular formula is C15H14N4O. The highest BCUT2D eigenvalue weighted by Gasteiger charge is 2.39. The molecule has 4 rings (SSSR count). The van der Waals surface area contributed by atoms with Crippen LogP contribution in [0.2, 0.25) is 0 Å². The van der Waals surface area contributed by atoms with Gasteiger partial charge in [0.05, 0.1) is 16.6 Å². The van der Waals surface area contributed by atoms with Crippen LogP contribution in [0.25, 0.3) is 22.4 Å². The number of para-hydroxylation sites is 1. The van der Waals surface area contributed by atoms with E-state index in [0.29, 0.717) is 11.7 Å². The van der Waals surface area contributed by atoms with Crippen LogP contribution in [-0.2, 0) is 5.54 Å². The maximum atomic E-state index is 6.23. The number of nitrogens with zero attached hydrogens (tertiary/aromatic N) is 3. The van der Waals surface area contributed by atoms with Gasteiger partial charge in [-0.3, -0.25) is 4.98 Å². The van der Waals surface area contributed by atoms with Crippen molar-refractivity contribution in [2.75, 3.05) is 0 Å².